The van der Waals surface area contributed by atoms with E-state index in [0.29, 0.717) is 12.6 Å². The summed E-state index contributed by atoms with van der Waals surface area (Å²) in [5.41, 5.74) is 2.65. The molecule has 1 aromatic rings. The first kappa shape index (κ1) is 24.2. The zero-order chi connectivity index (χ0) is 18.8. The van der Waals surface area contributed by atoms with E-state index in [2.05, 4.69) is 72.6 Å². The monoisotopic (exact) mass is 487 g/mol. The molecule has 0 atom stereocenters. The number of piperidine rings is 1. The third-order valence-corrected chi connectivity index (χ3v) is 4.82. The quantitative estimate of drug-likeness (QED) is 0.336. The van der Waals surface area contributed by atoms with E-state index in [9.17, 15) is 0 Å². The van der Waals surface area contributed by atoms with Crippen molar-refractivity contribution < 1.29 is 0 Å². The van der Waals surface area contributed by atoms with Crippen molar-refractivity contribution in [3.05, 3.63) is 35.4 Å². The third kappa shape index (κ3) is 8.79. The van der Waals surface area contributed by atoms with Crippen molar-refractivity contribution in [3.8, 4) is 0 Å². The average Bonchev–Trinajstić information content (AvgIpc) is 2.62. The normalized spacial score (nSPS) is 16.3. The maximum atomic E-state index is 4.86. The highest BCUT2D eigenvalue weighted by molar-refractivity contribution is 14.0. The maximum Gasteiger partial charge on any atom is 0.191 e. The maximum absolute atomic E-state index is 4.86. The number of halogens is 1. The van der Waals surface area contributed by atoms with Gasteiger partial charge in [-0.1, -0.05) is 31.2 Å². The van der Waals surface area contributed by atoms with Crippen LogP contribution in [0.5, 0.6) is 0 Å². The fourth-order valence-corrected chi connectivity index (χ4v) is 3.50. The highest BCUT2D eigenvalue weighted by Crippen LogP contribution is 2.13. The van der Waals surface area contributed by atoms with Crippen LogP contribution < -0.4 is 10.6 Å². The van der Waals surface area contributed by atoms with Crippen LogP contribution in [0.3, 0.4) is 0 Å². The minimum atomic E-state index is 0. The van der Waals surface area contributed by atoms with Crippen LogP contribution >= 0.6 is 24.0 Å². The van der Waals surface area contributed by atoms with Crippen LogP contribution in [0.2, 0.25) is 0 Å². The molecule has 0 aromatic heterocycles. The number of guanidine groups is 1. The summed E-state index contributed by atoms with van der Waals surface area (Å²) in [5.74, 6) is 0.945. The van der Waals surface area contributed by atoms with Crippen LogP contribution in [0.15, 0.2) is 29.3 Å². The first-order valence-corrected chi connectivity index (χ1v) is 10.1. The highest BCUT2D eigenvalue weighted by Gasteiger charge is 2.19. The molecular formula is C21H38IN5. The molecule has 0 spiro atoms. The Labute approximate surface area is 183 Å². The molecule has 1 aromatic carbocycles. The van der Waals surface area contributed by atoms with E-state index < -0.39 is 0 Å². The molecule has 2 N–H and O–H groups in total. The van der Waals surface area contributed by atoms with Crippen LogP contribution in [-0.4, -0.2) is 62.1 Å². The number of likely N-dealkylation sites (tertiary alicyclic amines) is 1. The predicted molar refractivity (Wildman–Crippen MR) is 127 cm³/mol. The lowest BCUT2D eigenvalue weighted by Gasteiger charge is -2.32. The smallest absolute Gasteiger partial charge is 0.191 e. The van der Waals surface area contributed by atoms with Crippen molar-refractivity contribution >= 4 is 29.9 Å². The lowest BCUT2D eigenvalue weighted by Crippen LogP contribution is -2.48. The Morgan fingerprint density at radius 3 is 2.41 bits per heavy atom. The Morgan fingerprint density at radius 2 is 1.81 bits per heavy atom. The molecule has 1 aliphatic rings. The summed E-state index contributed by atoms with van der Waals surface area (Å²) in [5, 5.41) is 7.06. The van der Waals surface area contributed by atoms with Gasteiger partial charge in [0.05, 0.1) is 6.54 Å². The molecular weight excluding hydrogens is 449 g/mol. The summed E-state index contributed by atoms with van der Waals surface area (Å²) in [6.45, 7) is 10.5. The number of rotatable bonds is 8. The second-order valence-electron chi connectivity index (χ2n) is 7.46. The zero-order valence-electron chi connectivity index (χ0n) is 17.5. The van der Waals surface area contributed by atoms with Crippen LogP contribution in [0.4, 0.5) is 0 Å². The van der Waals surface area contributed by atoms with Gasteiger partial charge in [0.15, 0.2) is 5.96 Å². The average molecular weight is 487 g/mol. The fraction of sp³-hybridized carbons (Fsp3) is 0.667. The lowest BCUT2D eigenvalue weighted by molar-refractivity contribution is 0.206. The van der Waals surface area contributed by atoms with Gasteiger partial charge >= 0.3 is 0 Å². The van der Waals surface area contributed by atoms with Gasteiger partial charge in [-0.2, -0.15) is 0 Å². The molecule has 0 aliphatic carbocycles. The van der Waals surface area contributed by atoms with Gasteiger partial charge in [-0.15, -0.1) is 24.0 Å². The topological polar surface area (TPSA) is 42.9 Å². The highest BCUT2D eigenvalue weighted by atomic mass is 127. The Balaban J connectivity index is 0.00000364. The minimum Gasteiger partial charge on any atom is -0.357 e. The second-order valence-corrected chi connectivity index (χ2v) is 7.46. The molecule has 0 unspecified atom stereocenters. The number of hydrogen-bond donors (Lipinski definition) is 2. The molecule has 0 saturated carbocycles. The van der Waals surface area contributed by atoms with Gasteiger partial charge < -0.3 is 20.4 Å². The first-order valence-electron chi connectivity index (χ1n) is 10.1. The van der Waals surface area contributed by atoms with Gasteiger partial charge in [0, 0.05) is 32.2 Å². The summed E-state index contributed by atoms with van der Waals surface area (Å²) < 4.78 is 0. The van der Waals surface area contributed by atoms with Crippen molar-refractivity contribution in [1.82, 2.24) is 20.4 Å². The van der Waals surface area contributed by atoms with Gasteiger partial charge in [0.1, 0.15) is 0 Å². The SMILES string of the molecule is CCCN1CCC(NC(=NCc2ccccc2CN(C)C)NCC)CC1.I. The van der Waals surface area contributed by atoms with E-state index in [1.54, 1.807) is 0 Å². The minimum absolute atomic E-state index is 0. The van der Waals surface area contributed by atoms with Gasteiger partial charge in [0.2, 0.25) is 0 Å². The third-order valence-electron chi connectivity index (χ3n) is 4.82. The first-order chi connectivity index (χ1) is 12.6. The van der Waals surface area contributed by atoms with E-state index in [4.69, 9.17) is 4.99 Å². The van der Waals surface area contributed by atoms with Crippen LogP contribution in [0.25, 0.3) is 0 Å². The molecule has 1 fully saturated rings. The zero-order valence-corrected chi connectivity index (χ0v) is 19.8. The largest absolute Gasteiger partial charge is 0.357 e. The lowest BCUT2D eigenvalue weighted by atomic mass is 10.1. The molecule has 1 heterocycles. The predicted octanol–water partition coefficient (Wildman–Crippen LogP) is 3.30. The molecule has 1 aliphatic heterocycles. The number of aliphatic imine (C=N–C) groups is 1. The fourth-order valence-electron chi connectivity index (χ4n) is 3.50. The summed E-state index contributed by atoms with van der Waals surface area (Å²) in [4.78, 5) is 9.64. The molecule has 5 nitrogen and oxygen atoms in total. The van der Waals surface area contributed by atoms with Crippen molar-refractivity contribution in [2.45, 2.75) is 52.2 Å². The summed E-state index contributed by atoms with van der Waals surface area (Å²) in [7, 11) is 4.22. The second kappa shape index (κ2) is 13.3. The Kier molecular flexibility index (Phi) is 11.9. The van der Waals surface area contributed by atoms with E-state index in [0.717, 1.165) is 19.0 Å². The molecule has 0 amide bonds. The van der Waals surface area contributed by atoms with Gasteiger partial charge in [-0.05, 0) is 58.0 Å². The van der Waals surface area contributed by atoms with Crippen LogP contribution in [0, 0.1) is 0 Å². The van der Waals surface area contributed by atoms with Crippen molar-refractivity contribution in [1.29, 1.82) is 0 Å². The Morgan fingerprint density at radius 1 is 1.15 bits per heavy atom. The van der Waals surface area contributed by atoms with E-state index in [1.165, 1.54) is 50.0 Å². The number of nitrogens with one attached hydrogen (secondary N) is 2. The standard InChI is InChI=1S/C21H37N5.HI/c1-5-13-26-14-11-20(12-15-26)24-21(22-6-2)23-16-18-9-7-8-10-19(18)17-25(3)4;/h7-10,20H,5-6,11-17H2,1-4H3,(H2,22,23,24);1H. The number of benzene rings is 1. The van der Waals surface area contributed by atoms with Gasteiger partial charge in [-0.25, -0.2) is 4.99 Å². The number of nitrogens with zero attached hydrogens (tertiary/aromatic N) is 3. The molecule has 6 heteroatoms. The molecule has 27 heavy (non-hydrogen) atoms. The molecule has 0 bridgehead atoms. The van der Waals surface area contributed by atoms with Crippen LogP contribution in [-0.2, 0) is 13.1 Å². The van der Waals surface area contributed by atoms with Gasteiger partial charge in [0.25, 0.3) is 0 Å². The Bertz CT molecular complexity index is 553. The van der Waals surface area contributed by atoms with Gasteiger partial charge in [-0.3, -0.25) is 0 Å². The molecule has 0 radical (unpaired) electrons. The van der Waals surface area contributed by atoms with E-state index in [-0.39, 0.29) is 24.0 Å². The summed E-state index contributed by atoms with van der Waals surface area (Å²) >= 11 is 0. The van der Waals surface area contributed by atoms with E-state index >= 15 is 0 Å². The summed E-state index contributed by atoms with van der Waals surface area (Å²) in [6.07, 6.45) is 3.64. The molecule has 1 saturated heterocycles. The molecule has 154 valence electrons. The van der Waals surface area contributed by atoms with Crippen LogP contribution in [0.1, 0.15) is 44.2 Å². The molecule has 2 rings (SSSR count). The van der Waals surface area contributed by atoms with E-state index in [1.807, 2.05) is 0 Å². The van der Waals surface area contributed by atoms with Crippen molar-refractivity contribution in [2.24, 2.45) is 4.99 Å². The van der Waals surface area contributed by atoms with Crippen molar-refractivity contribution in [3.63, 3.8) is 0 Å². The number of hydrogen-bond acceptors (Lipinski definition) is 3. The Hall–Kier alpha value is -0.860. The van der Waals surface area contributed by atoms with Crippen molar-refractivity contribution in [2.75, 3.05) is 40.3 Å². The summed E-state index contributed by atoms with van der Waals surface area (Å²) in [6, 6.07) is 9.13.